The number of aryl methyl sites for hydroxylation is 1. The number of benzene rings is 2. The van der Waals surface area contributed by atoms with E-state index in [4.69, 9.17) is 9.47 Å². The van der Waals surface area contributed by atoms with Crippen molar-refractivity contribution in [2.24, 2.45) is 5.92 Å². The number of methoxy groups -OCH3 is 2. The first-order valence-corrected chi connectivity index (χ1v) is 9.61. The summed E-state index contributed by atoms with van der Waals surface area (Å²) in [6.45, 7) is 3.25. The summed E-state index contributed by atoms with van der Waals surface area (Å²) in [5.74, 6) is 1.53. The Morgan fingerprint density at radius 3 is 2.21 bits per heavy atom. The van der Waals surface area contributed by atoms with E-state index in [1.165, 1.54) is 0 Å². The number of ketones is 1. The molecule has 0 radical (unpaired) electrons. The van der Waals surface area contributed by atoms with Gasteiger partial charge in [-0.3, -0.25) is 9.59 Å². The van der Waals surface area contributed by atoms with Gasteiger partial charge in [-0.2, -0.15) is 0 Å². The molecule has 0 saturated carbocycles. The molecule has 5 heteroatoms. The van der Waals surface area contributed by atoms with E-state index >= 15 is 0 Å². The molecule has 1 fully saturated rings. The summed E-state index contributed by atoms with van der Waals surface area (Å²) in [7, 11) is 3.17. The van der Waals surface area contributed by atoms with Crippen LogP contribution in [0.1, 0.15) is 34.3 Å². The van der Waals surface area contributed by atoms with E-state index in [2.05, 4.69) is 0 Å². The third-order valence-electron chi connectivity index (χ3n) is 5.36. The number of carbonyl (C=O) groups excluding carboxylic acids is 2. The Kier molecular flexibility index (Phi) is 6.34. The van der Waals surface area contributed by atoms with Gasteiger partial charge in [0.15, 0.2) is 17.3 Å². The number of amides is 1. The lowest BCUT2D eigenvalue weighted by Gasteiger charge is -2.31. The fourth-order valence-electron chi connectivity index (χ4n) is 3.62. The van der Waals surface area contributed by atoms with E-state index in [-0.39, 0.29) is 17.6 Å². The van der Waals surface area contributed by atoms with Crippen molar-refractivity contribution in [3.05, 3.63) is 59.2 Å². The molecule has 1 aliphatic heterocycles. The van der Waals surface area contributed by atoms with Gasteiger partial charge < -0.3 is 14.4 Å². The normalized spacial score (nSPS) is 14.6. The van der Waals surface area contributed by atoms with Crippen molar-refractivity contribution in [3.63, 3.8) is 0 Å². The first-order valence-electron chi connectivity index (χ1n) is 9.61. The number of carbonyl (C=O) groups is 2. The number of nitrogens with zero attached hydrogens (tertiary/aromatic N) is 1. The Hall–Kier alpha value is -2.82. The summed E-state index contributed by atoms with van der Waals surface area (Å²) in [6, 6.07) is 13.3. The second-order valence-electron chi connectivity index (χ2n) is 7.25. The molecule has 1 saturated heterocycles. The lowest BCUT2D eigenvalue weighted by molar-refractivity contribution is -0.131. The van der Waals surface area contributed by atoms with Crippen molar-refractivity contribution in [2.45, 2.75) is 26.2 Å². The molecule has 1 heterocycles. The van der Waals surface area contributed by atoms with Gasteiger partial charge in [0, 0.05) is 24.6 Å². The number of piperidine rings is 1. The zero-order valence-electron chi connectivity index (χ0n) is 16.7. The Labute approximate surface area is 166 Å². The van der Waals surface area contributed by atoms with Gasteiger partial charge in [0.1, 0.15) is 0 Å². The maximum atomic E-state index is 12.7. The molecule has 148 valence electrons. The van der Waals surface area contributed by atoms with Gasteiger partial charge in [0.2, 0.25) is 5.91 Å². The first kappa shape index (κ1) is 19.9. The smallest absolute Gasteiger partial charge is 0.226 e. The Balaban J connectivity index is 1.56. The van der Waals surface area contributed by atoms with Gasteiger partial charge in [-0.1, -0.05) is 35.9 Å². The predicted molar refractivity (Wildman–Crippen MR) is 108 cm³/mol. The van der Waals surface area contributed by atoms with Crippen molar-refractivity contribution >= 4 is 11.7 Å². The monoisotopic (exact) mass is 381 g/mol. The van der Waals surface area contributed by atoms with Crippen LogP contribution in [0.2, 0.25) is 0 Å². The van der Waals surface area contributed by atoms with E-state index in [0.717, 1.165) is 16.7 Å². The standard InChI is InChI=1S/C23H27NO4/c1-16-4-7-18(8-5-16)23(26)19-10-12-24(13-11-19)22(25)15-17-6-9-20(27-2)21(14-17)28-3/h4-9,14,19H,10-13,15H2,1-3H3. The quantitative estimate of drug-likeness (QED) is 0.717. The Bertz CT molecular complexity index is 836. The van der Waals surface area contributed by atoms with Crippen LogP contribution in [0, 0.1) is 12.8 Å². The molecule has 0 spiro atoms. The first-order chi connectivity index (χ1) is 13.5. The topological polar surface area (TPSA) is 55.8 Å². The molecule has 0 atom stereocenters. The fraction of sp³-hybridized carbons (Fsp3) is 0.391. The summed E-state index contributed by atoms with van der Waals surface area (Å²) in [4.78, 5) is 27.2. The molecule has 1 aliphatic rings. The average molecular weight is 381 g/mol. The second-order valence-corrected chi connectivity index (χ2v) is 7.25. The molecule has 0 aliphatic carbocycles. The molecule has 1 amide bonds. The van der Waals surface area contributed by atoms with Crippen molar-refractivity contribution < 1.29 is 19.1 Å². The van der Waals surface area contributed by atoms with Crippen LogP contribution in [0.15, 0.2) is 42.5 Å². The Morgan fingerprint density at radius 1 is 0.964 bits per heavy atom. The van der Waals surface area contributed by atoms with Crippen LogP contribution >= 0.6 is 0 Å². The zero-order chi connectivity index (χ0) is 20.1. The van der Waals surface area contributed by atoms with Crippen LogP contribution in [0.5, 0.6) is 11.5 Å². The van der Waals surface area contributed by atoms with Gasteiger partial charge in [-0.25, -0.2) is 0 Å². The van der Waals surface area contributed by atoms with Gasteiger partial charge in [0.05, 0.1) is 20.6 Å². The van der Waals surface area contributed by atoms with Gasteiger partial charge >= 0.3 is 0 Å². The van der Waals surface area contributed by atoms with Crippen molar-refractivity contribution in [2.75, 3.05) is 27.3 Å². The molecular weight excluding hydrogens is 354 g/mol. The minimum absolute atomic E-state index is 0.00663. The number of Topliss-reactive ketones (excluding diaryl/α,β-unsaturated/α-hetero) is 1. The summed E-state index contributed by atoms with van der Waals surface area (Å²) in [6.07, 6.45) is 1.74. The van der Waals surface area contributed by atoms with E-state index in [1.807, 2.05) is 54.3 Å². The maximum Gasteiger partial charge on any atom is 0.226 e. The van der Waals surface area contributed by atoms with Crippen LogP contribution in [0.25, 0.3) is 0 Å². The predicted octanol–water partition coefficient (Wildman–Crippen LogP) is 3.68. The van der Waals surface area contributed by atoms with Crippen LogP contribution in [-0.2, 0) is 11.2 Å². The highest BCUT2D eigenvalue weighted by atomic mass is 16.5. The van der Waals surface area contributed by atoms with Gasteiger partial charge in [0.25, 0.3) is 0 Å². The summed E-state index contributed by atoms with van der Waals surface area (Å²) >= 11 is 0. The number of hydrogen-bond acceptors (Lipinski definition) is 4. The fourth-order valence-corrected chi connectivity index (χ4v) is 3.62. The summed E-state index contributed by atoms with van der Waals surface area (Å²) in [5.41, 5.74) is 2.80. The highest BCUT2D eigenvalue weighted by molar-refractivity contribution is 5.98. The molecule has 0 N–H and O–H groups in total. The van der Waals surface area contributed by atoms with Crippen molar-refractivity contribution in [1.29, 1.82) is 0 Å². The highest BCUT2D eigenvalue weighted by Gasteiger charge is 2.28. The van der Waals surface area contributed by atoms with Crippen LogP contribution < -0.4 is 9.47 Å². The zero-order valence-corrected chi connectivity index (χ0v) is 16.7. The molecule has 2 aromatic rings. The minimum atomic E-state index is -0.00663. The lowest BCUT2D eigenvalue weighted by Crippen LogP contribution is -2.41. The van der Waals surface area contributed by atoms with Crippen LogP contribution in [0.3, 0.4) is 0 Å². The Morgan fingerprint density at radius 2 is 1.61 bits per heavy atom. The summed E-state index contributed by atoms with van der Waals surface area (Å²) < 4.78 is 10.5. The molecule has 0 bridgehead atoms. The van der Waals surface area contributed by atoms with Crippen LogP contribution in [-0.4, -0.2) is 43.9 Å². The molecule has 28 heavy (non-hydrogen) atoms. The van der Waals surface area contributed by atoms with E-state index < -0.39 is 0 Å². The molecule has 0 unspecified atom stereocenters. The number of rotatable bonds is 6. The number of hydrogen-bond donors (Lipinski definition) is 0. The molecule has 5 nitrogen and oxygen atoms in total. The van der Waals surface area contributed by atoms with E-state index in [0.29, 0.717) is 43.9 Å². The average Bonchev–Trinajstić information content (AvgIpc) is 2.73. The number of likely N-dealkylation sites (tertiary alicyclic amines) is 1. The van der Waals surface area contributed by atoms with Gasteiger partial charge in [-0.05, 0) is 37.5 Å². The molecule has 2 aromatic carbocycles. The third kappa shape index (κ3) is 4.53. The van der Waals surface area contributed by atoms with Crippen molar-refractivity contribution in [3.8, 4) is 11.5 Å². The number of ether oxygens (including phenoxy) is 2. The van der Waals surface area contributed by atoms with Gasteiger partial charge in [-0.15, -0.1) is 0 Å². The van der Waals surface area contributed by atoms with Crippen molar-refractivity contribution in [1.82, 2.24) is 4.90 Å². The SMILES string of the molecule is COc1ccc(CC(=O)N2CCC(C(=O)c3ccc(C)cc3)CC2)cc1OC. The van der Waals surface area contributed by atoms with E-state index in [9.17, 15) is 9.59 Å². The summed E-state index contributed by atoms with van der Waals surface area (Å²) in [5, 5.41) is 0. The highest BCUT2D eigenvalue weighted by Crippen LogP contribution is 2.28. The minimum Gasteiger partial charge on any atom is -0.493 e. The second kappa shape index (κ2) is 8.91. The molecule has 0 aromatic heterocycles. The third-order valence-corrected chi connectivity index (χ3v) is 5.36. The van der Waals surface area contributed by atoms with E-state index in [1.54, 1.807) is 14.2 Å². The molecular formula is C23H27NO4. The maximum absolute atomic E-state index is 12.7. The van der Waals surface area contributed by atoms with Crippen LogP contribution in [0.4, 0.5) is 0 Å². The largest absolute Gasteiger partial charge is 0.493 e. The molecule has 3 rings (SSSR count). The lowest BCUT2D eigenvalue weighted by atomic mass is 9.88.